The number of aryl methyl sites for hydroxylation is 2. The molecular formula is C20H22FN5O2S. The average molecular weight is 415 g/mol. The highest BCUT2D eigenvalue weighted by atomic mass is 32.2. The quantitative estimate of drug-likeness (QED) is 0.690. The molecule has 1 N–H and O–H groups in total. The van der Waals surface area contributed by atoms with Gasteiger partial charge in [-0.2, -0.15) is 4.98 Å². The number of nitrogens with one attached hydrogen (secondary N) is 1. The lowest BCUT2D eigenvalue weighted by molar-refractivity contribution is 0.346. The van der Waals surface area contributed by atoms with Gasteiger partial charge in [-0.25, -0.2) is 17.8 Å². The van der Waals surface area contributed by atoms with E-state index in [-0.39, 0.29) is 17.4 Å². The van der Waals surface area contributed by atoms with Gasteiger partial charge in [0.1, 0.15) is 5.88 Å². The highest BCUT2D eigenvalue weighted by molar-refractivity contribution is 7.91. The van der Waals surface area contributed by atoms with Crippen LogP contribution in [0.15, 0.2) is 42.9 Å². The zero-order valence-corrected chi connectivity index (χ0v) is 17.1. The smallest absolute Gasteiger partial charge is 0.229 e. The van der Waals surface area contributed by atoms with E-state index in [9.17, 15) is 12.8 Å². The summed E-state index contributed by atoms with van der Waals surface area (Å²) in [5, 5.41) is 3.12. The van der Waals surface area contributed by atoms with E-state index in [4.69, 9.17) is 0 Å². The topological polar surface area (TPSA) is 80.1 Å². The second-order valence-electron chi connectivity index (χ2n) is 7.42. The number of benzene rings is 1. The van der Waals surface area contributed by atoms with Crippen LogP contribution < -0.4 is 5.32 Å². The maximum Gasteiger partial charge on any atom is 0.229 e. The lowest BCUT2D eigenvalue weighted by Crippen LogP contribution is -2.19. The monoisotopic (exact) mass is 415 g/mol. The largest absolute Gasteiger partial charge is 0.324 e. The molecule has 2 aromatic heterocycles. The number of halogens is 1. The van der Waals surface area contributed by atoms with Gasteiger partial charge in [0, 0.05) is 31.2 Å². The van der Waals surface area contributed by atoms with Crippen molar-refractivity contribution in [2.75, 3.05) is 23.5 Å². The van der Waals surface area contributed by atoms with E-state index in [1.165, 1.54) is 0 Å². The van der Waals surface area contributed by atoms with Crippen LogP contribution in [0.1, 0.15) is 16.7 Å². The van der Waals surface area contributed by atoms with E-state index < -0.39 is 15.7 Å². The van der Waals surface area contributed by atoms with Crippen LogP contribution in [0.5, 0.6) is 0 Å². The molecule has 0 aliphatic carbocycles. The van der Waals surface area contributed by atoms with Crippen molar-refractivity contribution >= 4 is 21.5 Å². The average Bonchev–Trinajstić information content (AvgIpc) is 3.22. The van der Waals surface area contributed by atoms with E-state index >= 15 is 0 Å². The maximum absolute atomic E-state index is 14.4. The van der Waals surface area contributed by atoms with E-state index in [2.05, 4.69) is 21.4 Å². The second-order valence-corrected chi connectivity index (χ2v) is 9.58. The van der Waals surface area contributed by atoms with Crippen LogP contribution in [-0.2, 0) is 16.4 Å². The number of hydrogen-bond acceptors (Lipinski definition) is 6. The third-order valence-corrected chi connectivity index (χ3v) is 6.27. The Kier molecular flexibility index (Phi) is 5.10. The molecule has 4 rings (SSSR count). The second kappa shape index (κ2) is 7.57. The summed E-state index contributed by atoms with van der Waals surface area (Å²) in [5.41, 5.74) is 3.94. The van der Waals surface area contributed by atoms with E-state index in [0.29, 0.717) is 19.0 Å². The molecule has 0 amide bonds. The summed E-state index contributed by atoms with van der Waals surface area (Å²) in [6, 6.07) is 7.84. The fraction of sp³-hybridized carbons (Fsp3) is 0.300. The van der Waals surface area contributed by atoms with Gasteiger partial charge in [-0.05, 0) is 48.7 Å². The first-order valence-corrected chi connectivity index (χ1v) is 11.1. The van der Waals surface area contributed by atoms with Gasteiger partial charge in [0.2, 0.25) is 5.95 Å². The van der Waals surface area contributed by atoms with E-state index in [1.54, 1.807) is 17.0 Å². The number of rotatable bonds is 5. The number of hydrogen-bond donors (Lipinski definition) is 1. The van der Waals surface area contributed by atoms with Crippen LogP contribution in [0.25, 0.3) is 5.82 Å². The Hall–Kier alpha value is -2.78. The van der Waals surface area contributed by atoms with Crippen LogP contribution in [0.3, 0.4) is 0 Å². The molecule has 0 spiro atoms. The lowest BCUT2D eigenvalue weighted by atomic mass is 10.1. The zero-order chi connectivity index (χ0) is 20.6. The van der Waals surface area contributed by atoms with Crippen molar-refractivity contribution in [3.8, 4) is 5.82 Å². The van der Waals surface area contributed by atoms with Crippen molar-refractivity contribution < 1.29 is 12.8 Å². The molecule has 1 aliphatic rings. The summed E-state index contributed by atoms with van der Waals surface area (Å²) in [5.74, 6) is 0.132. The highest BCUT2D eigenvalue weighted by Gasteiger charge is 2.25. The Morgan fingerprint density at radius 1 is 1.21 bits per heavy atom. The Morgan fingerprint density at radius 2 is 1.97 bits per heavy atom. The van der Waals surface area contributed by atoms with Crippen LogP contribution in [0.4, 0.5) is 16.0 Å². The SMILES string of the molecule is Cc1cc(C)cc(Nc2ncc(F)c(-n3ccc(CN4CCS(=O)(=O)C4)c3)n2)c1. The Balaban J connectivity index is 1.54. The van der Waals surface area contributed by atoms with Crippen LogP contribution in [0.2, 0.25) is 0 Å². The Labute approximate surface area is 169 Å². The van der Waals surface area contributed by atoms with Gasteiger partial charge in [0.05, 0.1) is 11.9 Å². The third kappa shape index (κ3) is 4.63. The predicted octanol–water partition coefficient (Wildman–Crippen LogP) is 2.95. The Morgan fingerprint density at radius 3 is 2.66 bits per heavy atom. The summed E-state index contributed by atoms with van der Waals surface area (Å²) >= 11 is 0. The molecule has 0 saturated carbocycles. The molecule has 1 saturated heterocycles. The first-order chi connectivity index (χ1) is 13.8. The van der Waals surface area contributed by atoms with Gasteiger partial charge in [0.25, 0.3) is 0 Å². The van der Waals surface area contributed by atoms with Crippen molar-refractivity contribution in [1.29, 1.82) is 0 Å². The molecule has 0 atom stereocenters. The van der Waals surface area contributed by atoms with Crippen molar-refractivity contribution in [2.45, 2.75) is 20.4 Å². The Bertz CT molecular complexity index is 1140. The van der Waals surface area contributed by atoms with E-state index in [0.717, 1.165) is 28.6 Å². The molecule has 1 aromatic carbocycles. The van der Waals surface area contributed by atoms with Crippen molar-refractivity contribution in [3.05, 3.63) is 65.4 Å². The summed E-state index contributed by atoms with van der Waals surface area (Å²) in [7, 11) is -2.98. The molecule has 3 heterocycles. The van der Waals surface area contributed by atoms with Gasteiger partial charge >= 0.3 is 0 Å². The first-order valence-electron chi connectivity index (χ1n) is 9.25. The molecule has 1 fully saturated rings. The van der Waals surface area contributed by atoms with E-state index in [1.807, 2.05) is 36.9 Å². The minimum atomic E-state index is -2.98. The van der Waals surface area contributed by atoms with Crippen molar-refractivity contribution in [1.82, 2.24) is 19.4 Å². The van der Waals surface area contributed by atoms with Gasteiger partial charge in [-0.1, -0.05) is 6.07 Å². The van der Waals surface area contributed by atoms with Crippen LogP contribution in [-0.4, -0.2) is 46.0 Å². The summed E-state index contributed by atoms with van der Waals surface area (Å²) in [6.07, 6.45) is 4.61. The van der Waals surface area contributed by atoms with Crippen molar-refractivity contribution in [3.63, 3.8) is 0 Å². The maximum atomic E-state index is 14.4. The normalized spacial score (nSPS) is 16.2. The predicted molar refractivity (Wildman–Crippen MR) is 110 cm³/mol. The van der Waals surface area contributed by atoms with Crippen LogP contribution in [0, 0.1) is 19.7 Å². The molecule has 0 unspecified atom stereocenters. The number of anilines is 2. The molecule has 0 radical (unpaired) electrons. The third-order valence-electron chi connectivity index (χ3n) is 4.71. The van der Waals surface area contributed by atoms with Gasteiger partial charge in [-0.15, -0.1) is 0 Å². The molecule has 29 heavy (non-hydrogen) atoms. The summed E-state index contributed by atoms with van der Waals surface area (Å²) in [6.45, 7) is 5.01. The lowest BCUT2D eigenvalue weighted by Gasteiger charge is -2.11. The molecule has 152 valence electrons. The van der Waals surface area contributed by atoms with Crippen molar-refractivity contribution in [2.24, 2.45) is 0 Å². The standard InChI is InChI=1S/C20H22FN5O2S/c1-14-7-15(2)9-17(8-14)23-20-22-10-18(21)19(24-20)26-4-3-16(12-26)11-25-5-6-29(27,28)13-25/h3-4,7-10,12H,5-6,11,13H2,1-2H3,(H,22,23,24). The summed E-state index contributed by atoms with van der Waals surface area (Å²) in [4.78, 5) is 10.2. The number of aromatic nitrogens is 3. The van der Waals surface area contributed by atoms with Crippen LogP contribution >= 0.6 is 0 Å². The fourth-order valence-corrected chi connectivity index (χ4v) is 4.94. The van der Waals surface area contributed by atoms with Gasteiger partial charge in [-0.3, -0.25) is 4.90 Å². The molecule has 7 nitrogen and oxygen atoms in total. The molecule has 0 bridgehead atoms. The summed E-state index contributed by atoms with van der Waals surface area (Å²) < 4.78 is 39.2. The van der Waals surface area contributed by atoms with Gasteiger partial charge in [0.15, 0.2) is 21.5 Å². The fourth-order valence-electron chi connectivity index (χ4n) is 3.50. The molecule has 1 aliphatic heterocycles. The number of sulfone groups is 1. The zero-order valence-electron chi connectivity index (χ0n) is 16.3. The molecule has 9 heteroatoms. The first kappa shape index (κ1) is 19.5. The highest BCUT2D eigenvalue weighted by Crippen LogP contribution is 2.20. The minimum absolute atomic E-state index is 0.0595. The molecule has 3 aromatic rings. The molecular weight excluding hydrogens is 393 g/mol. The minimum Gasteiger partial charge on any atom is -0.324 e. The van der Waals surface area contributed by atoms with Gasteiger partial charge < -0.3 is 9.88 Å². The number of nitrogens with zero attached hydrogens (tertiary/aromatic N) is 4.